The minimum Gasteiger partial charge on any atom is -0.398 e. The number of nitrogen functional groups attached to an aromatic ring is 1. The van der Waals surface area contributed by atoms with E-state index in [0.717, 1.165) is 11.1 Å². The summed E-state index contributed by atoms with van der Waals surface area (Å²) in [6, 6.07) is 10.8. The molecule has 3 N–H and O–H groups in total. The smallest absolute Gasteiger partial charge is 0.258 e. The van der Waals surface area contributed by atoms with E-state index in [1.807, 2.05) is 32.0 Å². The SMILES string of the molecule is Cc1cccc(N)c1C(=O)Nc1cccc(Cl)c1C. The van der Waals surface area contributed by atoms with Gasteiger partial charge in [-0.1, -0.05) is 29.8 Å². The van der Waals surface area contributed by atoms with E-state index >= 15 is 0 Å². The third kappa shape index (κ3) is 2.71. The average molecular weight is 275 g/mol. The molecule has 0 bridgehead atoms. The van der Waals surface area contributed by atoms with E-state index in [1.165, 1.54) is 0 Å². The highest BCUT2D eigenvalue weighted by molar-refractivity contribution is 6.31. The van der Waals surface area contributed by atoms with E-state index in [0.29, 0.717) is 22.0 Å². The fourth-order valence-corrected chi connectivity index (χ4v) is 2.10. The average Bonchev–Trinajstić information content (AvgIpc) is 2.35. The fraction of sp³-hybridized carbons (Fsp3) is 0.133. The number of halogens is 1. The number of carbonyl (C=O) groups is 1. The molecule has 1 amide bonds. The Morgan fingerprint density at radius 2 is 1.84 bits per heavy atom. The second-order valence-corrected chi connectivity index (χ2v) is 4.81. The number of nitrogens with two attached hydrogens (primary N) is 1. The van der Waals surface area contributed by atoms with Gasteiger partial charge in [0.2, 0.25) is 0 Å². The molecule has 0 atom stereocenters. The molecule has 2 aromatic rings. The maximum absolute atomic E-state index is 12.3. The van der Waals surface area contributed by atoms with Crippen LogP contribution in [0.25, 0.3) is 0 Å². The van der Waals surface area contributed by atoms with Crippen LogP contribution in [0.1, 0.15) is 21.5 Å². The first-order valence-corrected chi connectivity index (χ1v) is 6.30. The van der Waals surface area contributed by atoms with E-state index in [4.69, 9.17) is 17.3 Å². The predicted molar refractivity (Wildman–Crippen MR) is 79.7 cm³/mol. The number of benzene rings is 2. The minimum atomic E-state index is -0.221. The molecule has 0 fully saturated rings. The van der Waals surface area contributed by atoms with Crippen LogP contribution in [0.3, 0.4) is 0 Å². The third-order valence-electron chi connectivity index (χ3n) is 3.05. The zero-order valence-corrected chi connectivity index (χ0v) is 11.6. The number of carbonyl (C=O) groups excluding carboxylic acids is 1. The first kappa shape index (κ1) is 13.4. The Kier molecular flexibility index (Phi) is 3.76. The number of hydrogen-bond acceptors (Lipinski definition) is 2. The van der Waals surface area contributed by atoms with Crippen LogP contribution in [-0.4, -0.2) is 5.91 Å². The molecule has 0 spiro atoms. The molecule has 0 aromatic heterocycles. The molecule has 0 unspecified atom stereocenters. The number of anilines is 2. The summed E-state index contributed by atoms with van der Waals surface area (Å²) in [5, 5.41) is 3.47. The summed E-state index contributed by atoms with van der Waals surface area (Å²) in [6.45, 7) is 3.72. The van der Waals surface area contributed by atoms with Gasteiger partial charge in [0.05, 0.1) is 5.56 Å². The first-order chi connectivity index (χ1) is 9.00. The van der Waals surface area contributed by atoms with Gasteiger partial charge in [-0.25, -0.2) is 0 Å². The van der Waals surface area contributed by atoms with E-state index in [2.05, 4.69) is 5.32 Å². The third-order valence-corrected chi connectivity index (χ3v) is 3.46. The summed E-state index contributed by atoms with van der Waals surface area (Å²) in [5.41, 5.74) is 9.21. The molecule has 0 aliphatic heterocycles. The van der Waals surface area contributed by atoms with Crippen LogP contribution in [0, 0.1) is 13.8 Å². The molecule has 3 nitrogen and oxygen atoms in total. The van der Waals surface area contributed by atoms with Crippen LogP contribution in [-0.2, 0) is 0 Å². The summed E-state index contributed by atoms with van der Waals surface area (Å²) in [4.78, 5) is 12.3. The lowest BCUT2D eigenvalue weighted by Gasteiger charge is -2.12. The first-order valence-electron chi connectivity index (χ1n) is 5.92. The highest BCUT2D eigenvalue weighted by atomic mass is 35.5. The molecule has 2 aromatic carbocycles. The van der Waals surface area contributed by atoms with Crippen molar-refractivity contribution in [3.8, 4) is 0 Å². The van der Waals surface area contributed by atoms with Crippen LogP contribution < -0.4 is 11.1 Å². The number of rotatable bonds is 2. The van der Waals surface area contributed by atoms with E-state index in [1.54, 1.807) is 18.2 Å². The van der Waals surface area contributed by atoms with Crippen LogP contribution >= 0.6 is 11.6 Å². The van der Waals surface area contributed by atoms with Gasteiger partial charge < -0.3 is 11.1 Å². The largest absolute Gasteiger partial charge is 0.398 e. The van der Waals surface area contributed by atoms with Gasteiger partial charge in [-0.05, 0) is 43.2 Å². The Morgan fingerprint density at radius 3 is 2.53 bits per heavy atom. The number of amides is 1. The maximum atomic E-state index is 12.3. The molecule has 0 aliphatic rings. The number of aryl methyl sites for hydroxylation is 1. The summed E-state index contributed by atoms with van der Waals surface area (Å²) in [5.74, 6) is -0.221. The van der Waals surface area contributed by atoms with Gasteiger partial charge in [-0.2, -0.15) is 0 Å². The van der Waals surface area contributed by atoms with Gasteiger partial charge >= 0.3 is 0 Å². The Labute approximate surface area is 117 Å². The van der Waals surface area contributed by atoms with Crippen molar-refractivity contribution in [2.75, 3.05) is 11.1 Å². The van der Waals surface area contributed by atoms with Gasteiger partial charge in [0.25, 0.3) is 5.91 Å². The van der Waals surface area contributed by atoms with Crippen LogP contribution in [0.4, 0.5) is 11.4 Å². The van der Waals surface area contributed by atoms with Crippen molar-refractivity contribution >= 4 is 28.9 Å². The van der Waals surface area contributed by atoms with Crippen molar-refractivity contribution in [2.24, 2.45) is 0 Å². The van der Waals surface area contributed by atoms with Gasteiger partial charge in [0, 0.05) is 16.4 Å². The lowest BCUT2D eigenvalue weighted by molar-refractivity contribution is 0.102. The Bertz CT molecular complexity index is 618. The summed E-state index contributed by atoms with van der Waals surface area (Å²) in [7, 11) is 0. The maximum Gasteiger partial charge on any atom is 0.258 e. The van der Waals surface area contributed by atoms with Crippen molar-refractivity contribution in [2.45, 2.75) is 13.8 Å². The van der Waals surface area contributed by atoms with Crippen molar-refractivity contribution in [1.29, 1.82) is 0 Å². The Balaban J connectivity index is 2.34. The molecule has 4 heteroatoms. The van der Waals surface area contributed by atoms with Crippen molar-refractivity contribution < 1.29 is 4.79 Å². The van der Waals surface area contributed by atoms with Crippen LogP contribution in [0.15, 0.2) is 36.4 Å². The van der Waals surface area contributed by atoms with Crippen molar-refractivity contribution in [1.82, 2.24) is 0 Å². The quantitative estimate of drug-likeness (QED) is 0.819. The molecule has 0 aliphatic carbocycles. The van der Waals surface area contributed by atoms with Crippen LogP contribution in [0.5, 0.6) is 0 Å². The van der Waals surface area contributed by atoms with Gasteiger partial charge in [0.15, 0.2) is 0 Å². The fourth-order valence-electron chi connectivity index (χ4n) is 1.93. The summed E-state index contributed by atoms with van der Waals surface area (Å²) in [6.07, 6.45) is 0. The summed E-state index contributed by atoms with van der Waals surface area (Å²) < 4.78 is 0. The monoisotopic (exact) mass is 274 g/mol. The molecular weight excluding hydrogens is 260 g/mol. The molecular formula is C15H15ClN2O. The Hall–Kier alpha value is -2.00. The van der Waals surface area contributed by atoms with Crippen LogP contribution in [0.2, 0.25) is 5.02 Å². The minimum absolute atomic E-state index is 0.221. The second-order valence-electron chi connectivity index (χ2n) is 4.41. The van der Waals surface area contributed by atoms with E-state index in [-0.39, 0.29) is 5.91 Å². The highest BCUT2D eigenvalue weighted by Crippen LogP contribution is 2.24. The zero-order valence-electron chi connectivity index (χ0n) is 10.8. The van der Waals surface area contributed by atoms with Crippen molar-refractivity contribution in [3.63, 3.8) is 0 Å². The number of nitrogens with one attached hydrogen (secondary N) is 1. The lowest BCUT2D eigenvalue weighted by atomic mass is 10.1. The summed E-state index contributed by atoms with van der Waals surface area (Å²) >= 11 is 6.03. The highest BCUT2D eigenvalue weighted by Gasteiger charge is 2.14. The second kappa shape index (κ2) is 5.33. The standard InChI is InChI=1S/C15H15ClN2O/c1-9-5-3-7-12(17)14(9)15(19)18-13-8-4-6-11(16)10(13)2/h3-8H,17H2,1-2H3,(H,18,19). The lowest BCUT2D eigenvalue weighted by Crippen LogP contribution is -2.16. The zero-order chi connectivity index (χ0) is 14.0. The van der Waals surface area contributed by atoms with Gasteiger partial charge in [0.1, 0.15) is 0 Å². The molecule has 0 saturated carbocycles. The molecule has 19 heavy (non-hydrogen) atoms. The molecule has 0 heterocycles. The molecule has 0 saturated heterocycles. The van der Waals surface area contributed by atoms with Gasteiger partial charge in [-0.15, -0.1) is 0 Å². The Morgan fingerprint density at radius 1 is 1.16 bits per heavy atom. The molecule has 2 rings (SSSR count). The van der Waals surface area contributed by atoms with E-state index < -0.39 is 0 Å². The van der Waals surface area contributed by atoms with Gasteiger partial charge in [-0.3, -0.25) is 4.79 Å². The normalized spacial score (nSPS) is 10.3. The topological polar surface area (TPSA) is 55.1 Å². The van der Waals surface area contributed by atoms with Crippen molar-refractivity contribution in [3.05, 3.63) is 58.1 Å². The van der Waals surface area contributed by atoms with E-state index in [9.17, 15) is 4.79 Å². The molecule has 0 radical (unpaired) electrons. The predicted octanol–water partition coefficient (Wildman–Crippen LogP) is 3.79. The molecule has 98 valence electrons. The number of hydrogen-bond donors (Lipinski definition) is 2.